The van der Waals surface area contributed by atoms with Gasteiger partial charge in [-0.2, -0.15) is 0 Å². The summed E-state index contributed by atoms with van der Waals surface area (Å²) in [5.41, 5.74) is 0. The van der Waals surface area contributed by atoms with Gasteiger partial charge in [0.1, 0.15) is 6.04 Å². The Morgan fingerprint density at radius 3 is 2.71 bits per heavy atom. The highest BCUT2D eigenvalue weighted by atomic mass is 16.5. The van der Waals surface area contributed by atoms with Crippen molar-refractivity contribution in [3.8, 4) is 0 Å². The molecule has 0 saturated heterocycles. The molecular formula is C13H25NO3. The minimum absolute atomic E-state index is 0.172. The van der Waals surface area contributed by atoms with Crippen LogP contribution in [0.25, 0.3) is 0 Å². The molecule has 1 N–H and O–H groups in total. The topological polar surface area (TPSA) is 47.6 Å². The first-order valence-corrected chi connectivity index (χ1v) is 6.69. The molecule has 4 nitrogen and oxygen atoms in total. The van der Waals surface area contributed by atoms with Crippen molar-refractivity contribution >= 4 is 5.97 Å². The number of hydrogen-bond acceptors (Lipinski definition) is 4. The second kappa shape index (κ2) is 8.48. The third-order valence-electron chi connectivity index (χ3n) is 2.94. The first-order chi connectivity index (χ1) is 8.27. The predicted molar refractivity (Wildman–Crippen MR) is 66.9 cm³/mol. The summed E-state index contributed by atoms with van der Waals surface area (Å²) in [4.78, 5) is 11.5. The first-order valence-electron chi connectivity index (χ1n) is 6.69. The minimum Gasteiger partial charge on any atom is -0.468 e. The number of carbonyl (C=O) groups excluding carboxylic acids is 1. The van der Waals surface area contributed by atoms with E-state index in [1.807, 2.05) is 0 Å². The molecule has 17 heavy (non-hydrogen) atoms. The Morgan fingerprint density at radius 2 is 2.12 bits per heavy atom. The number of hydrogen-bond donors (Lipinski definition) is 1. The first kappa shape index (κ1) is 14.5. The zero-order valence-electron chi connectivity index (χ0n) is 11.0. The predicted octanol–water partition coefficient (Wildman–Crippen LogP) is 1.88. The summed E-state index contributed by atoms with van der Waals surface area (Å²) in [6.07, 6.45) is 6.57. The van der Waals surface area contributed by atoms with E-state index in [9.17, 15) is 4.79 Å². The quantitative estimate of drug-likeness (QED) is 0.470. The average Bonchev–Trinajstić information content (AvgIpc) is 3.15. The fourth-order valence-corrected chi connectivity index (χ4v) is 1.70. The highest BCUT2D eigenvalue weighted by Gasteiger charge is 2.28. The van der Waals surface area contributed by atoms with Crippen LogP contribution >= 0.6 is 0 Å². The molecule has 1 fully saturated rings. The smallest absolute Gasteiger partial charge is 0.322 e. The number of unbranched alkanes of at least 4 members (excludes halogenated alkanes) is 2. The van der Waals surface area contributed by atoms with Crippen LogP contribution in [0.3, 0.4) is 0 Å². The SMILES string of the molecule is CCCCCOCCC(NC1CC1)C(=O)OC. The van der Waals surface area contributed by atoms with E-state index < -0.39 is 0 Å². The van der Waals surface area contributed by atoms with Gasteiger partial charge < -0.3 is 14.8 Å². The zero-order valence-corrected chi connectivity index (χ0v) is 11.0. The Bertz CT molecular complexity index is 217. The maximum atomic E-state index is 11.5. The Balaban J connectivity index is 2.08. The van der Waals surface area contributed by atoms with Gasteiger partial charge in [-0.1, -0.05) is 19.8 Å². The summed E-state index contributed by atoms with van der Waals surface area (Å²) < 4.78 is 10.3. The molecule has 1 atom stereocenters. The van der Waals surface area contributed by atoms with Crippen molar-refractivity contribution in [2.45, 2.75) is 57.5 Å². The number of rotatable bonds is 10. The average molecular weight is 243 g/mol. The summed E-state index contributed by atoms with van der Waals surface area (Å²) >= 11 is 0. The van der Waals surface area contributed by atoms with Crippen LogP contribution in [0.2, 0.25) is 0 Å². The van der Waals surface area contributed by atoms with Crippen molar-refractivity contribution in [1.82, 2.24) is 5.32 Å². The lowest BCUT2D eigenvalue weighted by Crippen LogP contribution is -2.39. The molecule has 1 aliphatic rings. The molecule has 0 amide bonds. The van der Waals surface area contributed by atoms with E-state index in [1.165, 1.54) is 32.8 Å². The summed E-state index contributed by atoms with van der Waals surface area (Å²) in [5, 5.41) is 3.29. The number of ether oxygens (including phenoxy) is 2. The van der Waals surface area contributed by atoms with Gasteiger partial charge in [0.25, 0.3) is 0 Å². The van der Waals surface area contributed by atoms with E-state index in [4.69, 9.17) is 9.47 Å². The molecule has 0 aliphatic heterocycles. The highest BCUT2D eigenvalue weighted by Crippen LogP contribution is 2.20. The molecule has 4 heteroatoms. The third kappa shape index (κ3) is 6.64. The van der Waals surface area contributed by atoms with Gasteiger partial charge in [-0.25, -0.2) is 0 Å². The maximum Gasteiger partial charge on any atom is 0.322 e. The summed E-state index contributed by atoms with van der Waals surface area (Å²) in [6.45, 7) is 3.60. The molecule has 0 aromatic carbocycles. The summed E-state index contributed by atoms with van der Waals surface area (Å²) in [7, 11) is 1.44. The molecule has 1 saturated carbocycles. The fraction of sp³-hybridized carbons (Fsp3) is 0.923. The number of methoxy groups -OCH3 is 1. The molecule has 1 rings (SSSR count). The molecule has 1 unspecified atom stereocenters. The second-order valence-electron chi connectivity index (χ2n) is 4.62. The van der Waals surface area contributed by atoms with Gasteiger partial charge in [0, 0.05) is 19.3 Å². The van der Waals surface area contributed by atoms with Gasteiger partial charge in [0.15, 0.2) is 0 Å². The van der Waals surface area contributed by atoms with Crippen molar-refractivity contribution in [3.63, 3.8) is 0 Å². The van der Waals surface area contributed by atoms with Crippen LogP contribution in [0.15, 0.2) is 0 Å². The molecule has 0 radical (unpaired) electrons. The lowest BCUT2D eigenvalue weighted by molar-refractivity contribution is -0.143. The molecule has 0 spiro atoms. The number of esters is 1. The number of nitrogens with one attached hydrogen (secondary N) is 1. The lowest BCUT2D eigenvalue weighted by Gasteiger charge is -2.15. The fourth-order valence-electron chi connectivity index (χ4n) is 1.70. The van der Waals surface area contributed by atoms with Gasteiger partial charge in [-0.3, -0.25) is 4.79 Å². The largest absolute Gasteiger partial charge is 0.468 e. The van der Waals surface area contributed by atoms with E-state index in [0.29, 0.717) is 19.1 Å². The van der Waals surface area contributed by atoms with Crippen molar-refractivity contribution < 1.29 is 14.3 Å². The van der Waals surface area contributed by atoms with Crippen molar-refractivity contribution in [2.24, 2.45) is 0 Å². The van der Waals surface area contributed by atoms with E-state index in [0.717, 1.165) is 13.0 Å². The third-order valence-corrected chi connectivity index (χ3v) is 2.94. The Labute approximate surface area is 104 Å². The van der Waals surface area contributed by atoms with Crippen LogP contribution in [0.1, 0.15) is 45.4 Å². The van der Waals surface area contributed by atoms with Crippen LogP contribution in [0, 0.1) is 0 Å². The maximum absolute atomic E-state index is 11.5. The van der Waals surface area contributed by atoms with E-state index in [2.05, 4.69) is 12.2 Å². The number of carbonyl (C=O) groups is 1. The highest BCUT2D eigenvalue weighted by molar-refractivity contribution is 5.75. The van der Waals surface area contributed by atoms with Crippen LogP contribution < -0.4 is 5.32 Å². The Hall–Kier alpha value is -0.610. The normalized spacial score (nSPS) is 16.8. The molecule has 0 heterocycles. The molecule has 1 aliphatic carbocycles. The van der Waals surface area contributed by atoms with E-state index >= 15 is 0 Å². The van der Waals surface area contributed by atoms with Gasteiger partial charge >= 0.3 is 5.97 Å². The van der Waals surface area contributed by atoms with Crippen molar-refractivity contribution in [3.05, 3.63) is 0 Å². The molecule has 0 bridgehead atoms. The van der Waals surface area contributed by atoms with Crippen LogP contribution in [-0.2, 0) is 14.3 Å². The van der Waals surface area contributed by atoms with Gasteiger partial charge in [-0.15, -0.1) is 0 Å². The zero-order chi connectivity index (χ0) is 12.5. The monoisotopic (exact) mass is 243 g/mol. The molecular weight excluding hydrogens is 218 g/mol. The van der Waals surface area contributed by atoms with Gasteiger partial charge in [0.2, 0.25) is 0 Å². The molecule has 100 valence electrons. The second-order valence-corrected chi connectivity index (χ2v) is 4.62. The Morgan fingerprint density at radius 1 is 1.35 bits per heavy atom. The van der Waals surface area contributed by atoms with Crippen molar-refractivity contribution in [1.29, 1.82) is 0 Å². The lowest BCUT2D eigenvalue weighted by atomic mass is 10.2. The molecule has 0 aromatic heterocycles. The standard InChI is InChI=1S/C13H25NO3/c1-3-4-5-9-17-10-8-12(13(15)16-2)14-11-6-7-11/h11-12,14H,3-10H2,1-2H3. The van der Waals surface area contributed by atoms with Crippen LogP contribution in [0.4, 0.5) is 0 Å². The van der Waals surface area contributed by atoms with Crippen LogP contribution in [0.5, 0.6) is 0 Å². The minimum atomic E-state index is -0.196. The Kier molecular flexibility index (Phi) is 7.21. The summed E-state index contributed by atoms with van der Waals surface area (Å²) in [6, 6.07) is 0.317. The van der Waals surface area contributed by atoms with Gasteiger partial charge in [-0.05, 0) is 25.7 Å². The van der Waals surface area contributed by atoms with Crippen molar-refractivity contribution in [2.75, 3.05) is 20.3 Å². The molecule has 0 aromatic rings. The van der Waals surface area contributed by atoms with Gasteiger partial charge in [0.05, 0.1) is 7.11 Å². The summed E-state index contributed by atoms with van der Waals surface area (Å²) in [5.74, 6) is -0.172. The van der Waals surface area contributed by atoms with E-state index in [1.54, 1.807) is 0 Å². The van der Waals surface area contributed by atoms with Crippen LogP contribution in [-0.4, -0.2) is 38.4 Å². The van der Waals surface area contributed by atoms with E-state index in [-0.39, 0.29) is 12.0 Å².